The van der Waals surface area contributed by atoms with Crippen LogP contribution in [0.15, 0.2) is 18.2 Å². The van der Waals surface area contributed by atoms with E-state index in [9.17, 15) is 5.11 Å². The summed E-state index contributed by atoms with van der Waals surface area (Å²) < 4.78 is 4.84. The summed E-state index contributed by atoms with van der Waals surface area (Å²) in [6.45, 7) is 1.76. The van der Waals surface area contributed by atoms with Gasteiger partial charge in [0.25, 0.3) is 0 Å². The first kappa shape index (κ1) is 14.7. The predicted octanol–water partition coefficient (Wildman–Crippen LogP) is 2.48. The van der Waals surface area contributed by atoms with Crippen molar-refractivity contribution in [1.82, 2.24) is 5.32 Å². The zero-order valence-corrected chi connectivity index (χ0v) is 11.3. The molecule has 0 aliphatic carbocycles. The van der Waals surface area contributed by atoms with E-state index in [1.165, 1.54) is 0 Å². The van der Waals surface area contributed by atoms with Crippen LogP contribution in [0.4, 0.5) is 0 Å². The molecule has 1 unspecified atom stereocenters. The summed E-state index contributed by atoms with van der Waals surface area (Å²) >= 11 is 11.8. The summed E-state index contributed by atoms with van der Waals surface area (Å²) in [5.74, 6) is 0. The fourth-order valence-corrected chi connectivity index (χ4v) is 2.06. The van der Waals surface area contributed by atoms with Crippen LogP contribution in [0.5, 0.6) is 0 Å². The molecule has 0 aliphatic rings. The molecule has 0 amide bonds. The van der Waals surface area contributed by atoms with Crippen LogP contribution in [-0.4, -0.2) is 31.5 Å². The standard InChI is InChI=1S/C12H17Cl2NO2/c1-17-8-12(16)2-3-15-7-9-4-10(13)6-11(14)5-9/h4-6,12,15-16H,2-3,7-8H2,1H3. The second-order valence-electron chi connectivity index (χ2n) is 3.85. The Bertz CT molecular complexity index is 327. The normalized spacial score (nSPS) is 12.7. The van der Waals surface area contributed by atoms with Crippen LogP contribution < -0.4 is 5.32 Å². The van der Waals surface area contributed by atoms with Crippen LogP contribution in [0, 0.1) is 0 Å². The van der Waals surface area contributed by atoms with E-state index in [4.69, 9.17) is 27.9 Å². The molecule has 0 fully saturated rings. The van der Waals surface area contributed by atoms with Crippen molar-refractivity contribution in [2.75, 3.05) is 20.3 Å². The summed E-state index contributed by atoms with van der Waals surface area (Å²) in [4.78, 5) is 0. The maximum absolute atomic E-state index is 9.43. The lowest BCUT2D eigenvalue weighted by Gasteiger charge is -2.10. The van der Waals surface area contributed by atoms with Gasteiger partial charge in [-0.05, 0) is 36.7 Å². The van der Waals surface area contributed by atoms with Gasteiger partial charge >= 0.3 is 0 Å². The van der Waals surface area contributed by atoms with E-state index in [-0.39, 0.29) is 0 Å². The van der Waals surface area contributed by atoms with Gasteiger partial charge in [-0.3, -0.25) is 0 Å². The minimum Gasteiger partial charge on any atom is -0.391 e. The molecule has 0 radical (unpaired) electrons. The van der Waals surface area contributed by atoms with Crippen molar-refractivity contribution in [3.05, 3.63) is 33.8 Å². The molecule has 96 valence electrons. The molecule has 5 heteroatoms. The third-order valence-corrected chi connectivity index (χ3v) is 2.70. The number of halogens is 2. The first-order valence-electron chi connectivity index (χ1n) is 5.44. The van der Waals surface area contributed by atoms with Crippen molar-refractivity contribution in [1.29, 1.82) is 0 Å². The molecule has 0 aliphatic heterocycles. The molecular weight excluding hydrogens is 261 g/mol. The number of aliphatic hydroxyl groups excluding tert-OH is 1. The highest BCUT2D eigenvalue weighted by Gasteiger charge is 2.03. The summed E-state index contributed by atoms with van der Waals surface area (Å²) in [6.07, 6.45) is 0.234. The van der Waals surface area contributed by atoms with Gasteiger partial charge < -0.3 is 15.2 Å². The molecule has 1 atom stereocenters. The molecule has 1 rings (SSSR count). The average Bonchev–Trinajstić information content (AvgIpc) is 2.23. The maximum Gasteiger partial charge on any atom is 0.0785 e. The molecule has 0 saturated carbocycles. The van der Waals surface area contributed by atoms with E-state index in [1.54, 1.807) is 13.2 Å². The van der Waals surface area contributed by atoms with Gasteiger partial charge in [-0.25, -0.2) is 0 Å². The van der Waals surface area contributed by atoms with Crippen molar-refractivity contribution in [3.8, 4) is 0 Å². The Kier molecular flexibility index (Phi) is 6.85. The number of rotatable bonds is 7. The monoisotopic (exact) mass is 277 g/mol. The van der Waals surface area contributed by atoms with Crippen LogP contribution in [-0.2, 0) is 11.3 Å². The topological polar surface area (TPSA) is 41.5 Å². The number of benzene rings is 1. The molecule has 17 heavy (non-hydrogen) atoms. The van der Waals surface area contributed by atoms with Crippen molar-refractivity contribution < 1.29 is 9.84 Å². The van der Waals surface area contributed by atoms with E-state index in [0.717, 1.165) is 5.56 Å². The first-order valence-corrected chi connectivity index (χ1v) is 6.20. The Hall–Kier alpha value is -0.320. The maximum atomic E-state index is 9.43. The van der Waals surface area contributed by atoms with E-state index < -0.39 is 6.10 Å². The molecule has 2 N–H and O–H groups in total. The minimum atomic E-state index is -0.421. The molecule has 1 aromatic carbocycles. The van der Waals surface area contributed by atoms with Crippen LogP contribution >= 0.6 is 23.2 Å². The molecule has 0 bridgehead atoms. The molecule has 1 aromatic rings. The van der Waals surface area contributed by atoms with Gasteiger partial charge in [-0.15, -0.1) is 0 Å². The summed E-state index contributed by atoms with van der Waals surface area (Å²) in [5, 5.41) is 13.9. The highest BCUT2D eigenvalue weighted by atomic mass is 35.5. The zero-order valence-electron chi connectivity index (χ0n) is 9.75. The molecular formula is C12H17Cl2NO2. The van der Waals surface area contributed by atoms with Gasteiger partial charge in [0.05, 0.1) is 12.7 Å². The number of nitrogens with one attached hydrogen (secondary N) is 1. The molecule has 0 aromatic heterocycles. The van der Waals surface area contributed by atoms with Crippen molar-refractivity contribution in [2.24, 2.45) is 0 Å². The molecule has 0 heterocycles. The van der Waals surface area contributed by atoms with Gasteiger partial charge in [-0.2, -0.15) is 0 Å². The van der Waals surface area contributed by atoms with Gasteiger partial charge in [-0.1, -0.05) is 23.2 Å². The van der Waals surface area contributed by atoms with Crippen molar-refractivity contribution in [3.63, 3.8) is 0 Å². The highest BCUT2D eigenvalue weighted by molar-refractivity contribution is 6.34. The SMILES string of the molecule is COCC(O)CCNCc1cc(Cl)cc(Cl)c1. The lowest BCUT2D eigenvalue weighted by atomic mass is 10.2. The smallest absolute Gasteiger partial charge is 0.0785 e. The second-order valence-corrected chi connectivity index (χ2v) is 4.73. The summed E-state index contributed by atoms with van der Waals surface area (Å²) in [5.41, 5.74) is 1.03. The lowest BCUT2D eigenvalue weighted by Crippen LogP contribution is -2.23. The number of methoxy groups -OCH3 is 1. The number of hydrogen-bond donors (Lipinski definition) is 2. The third-order valence-electron chi connectivity index (χ3n) is 2.26. The highest BCUT2D eigenvalue weighted by Crippen LogP contribution is 2.18. The Labute approximate surface area is 112 Å². The quantitative estimate of drug-likeness (QED) is 0.753. The summed E-state index contributed by atoms with van der Waals surface area (Å²) in [6, 6.07) is 5.44. The minimum absolute atomic E-state index is 0.366. The Morgan fingerprint density at radius 2 is 1.94 bits per heavy atom. The van der Waals surface area contributed by atoms with Crippen LogP contribution in [0.1, 0.15) is 12.0 Å². The van der Waals surface area contributed by atoms with Crippen LogP contribution in [0.3, 0.4) is 0 Å². The van der Waals surface area contributed by atoms with Crippen molar-refractivity contribution >= 4 is 23.2 Å². The Morgan fingerprint density at radius 3 is 2.53 bits per heavy atom. The number of hydrogen-bond acceptors (Lipinski definition) is 3. The summed E-state index contributed by atoms with van der Waals surface area (Å²) in [7, 11) is 1.57. The third kappa shape index (κ3) is 6.24. The van der Waals surface area contributed by atoms with Gasteiger partial charge in [0, 0.05) is 23.7 Å². The zero-order chi connectivity index (χ0) is 12.7. The van der Waals surface area contributed by atoms with E-state index >= 15 is 0 Å². The number of aliphatic hydroxyl groups is 1. The molecule has 3 nitrogen and oxygen atoms in total. The van der Waals surface area contributed by atoms with Crippen LogP contribution in [0.25, 0.3) is 0 Å². The van der Waals surface area contributed by atoms with Gasteiger partial charge in [0.2, 0.25) is 0 Å². The molecule has 0 spiro atoms. The Balaban J connectivity index is 2.26. The van der Waals surface area contributed by atoms with Crippen LogP contribution in [0.2, 0.25) is 10.0 Å². The van der Waals surface area contributed by atoms with E-state index in [0.29, 0.717) is 36.2 Å². The fraction of sp³-hybridized carbons (Fsp3) is 0.500. The van der Waals surface area contributed by atoms with Crippen molar-refractivity contribution in [2.45, 2.75) is 19.1 Å². The number of ether oxygens (including phenoxy) is 1. The van der Waals surface area contributed by atoms with E-state index in [2.05, 4.69) is 5.32 Å². The van der Waals surface area contributed by atoms with Gasteiger partial charge in [0.1, 0.15) is 0 Å². The largest absolute Gasteiger partial charge is 0.391 e. The van der Waals surface area contributed by atoms with Gasteiger partial charge in [0.15, 0.2) is 0 Å². The molecule has 0 saturated heterocycles. The average molecular weight is 278 g/mol. The van der Waals surface area contributed by atoms with E-state index in [1.807, 2.05) is 12.1 Å². The first-order chi connectivity index (χ1) is 8.11. The Morgan fingerprint density at radius 1 is 1.29 bits per heavy atom. The lowest BCUT2D eigenvalue weighted by molar-refractivity contribution is 0.0594. The second kappa shape index (κ2) is 7.90. The predicted molar refractivity (Wildman–Crippen MR) is 70.7 cm³/mol. The fourth-order valence-electron chi connectivity index (χ4n) is 1.49.